The fourth-order valence-electron chi connectivity index (χ4n) is 2.43. The predicted octanol–water partition coefficient (Wildman–Crippen LogP) is 4.00. The summed E-state index contributed by atoms with van der Waals surface area (Å²) in [5.41, 5.74) is 0.507. The molecular weight excluding hydrogens is 262 g/mol. The van der Waals surface area contributed by atoms with E-state index in [-0.39, 0.29) is 11.9 Å². The normalized spacial score (nSPS) is 13.9. The van der Waals surface area contributed by atoms with E-state index in [1.807, 2.05) is 30.3 Å². The smallest absolute Gasteiger partial charge is 0.330 e. The summed E-state index contributed by atoms with van der Waals surface area (Å²) in [5.74, 6) is -0.134. The van der Waals surface area contributed by atoms with Crippen LogP contribution in [0.25, 0.3) is 0 Å². The van der Waals surface area contributed by atoms with Crippen molar-refractivity contribution in [2.24, 2.45) is 5.92 Å². The highest BCUT2D eigenvalue weighted by atomic mass is 16.5. The van der Waals surface area contributed by atoms with Crippen molar-refractivity contribution in [2.45, 2.75) is 39.0 Å². The van der Waals surface area contributed by atoms with Crippen LogP contribution in [0.3, 0.4) is 0 Å². The molecular formula is C18H23NO2. The van der Waals surface area contributed by atoms with Crippen LogP contribution in [0, 0.1) is 17.2 Å². The van der Waals surface area contributed by atoms with E-state index in [2.05, 4.69) is 19.9 Å². The van der Waals surface area contributed by atoms with Crippen molar-refractivity contribution in [3.63, 3.8) is 0 Å². The molecule has 0 spiro atoms. The van der Waals surface area contributed by atoms with Gasteiger partial charge in [0.25, 0.3) is 0 Å². The van der Waals surface area contributed by atoms with E-state index in [1.54, 1.807) is 13.0 Å². The van der Waals surface area contributed by atoms with E-state index >= 15 is 0 Å². The minimum Gasteiger partial charge on any atom is -0.463 e. The van der Waals surface area contributed by atoms with Crippen LogP contribution in [-0.2, 0) is 14.9 Å². The summed E-state index contributed by atoms with van der Waals surface area (Å²) in [6, 6.07) is 12.4. The molecule has 1 aromatic rings. The van der Waals surface area contributed by atoms with Crippen molar-refractivity contribution >= 4 is 5.97 Å². The number of rotatable bonds is 7. The van der Waals surface area contributed by atoms with E-state index in [0.717, 1.165) is 5.56 Å². The molecule has 0 N–H and O–H groups in total. The lowest BCUT2D eigenvalue weighted by Crippen LogP contribution is -2.30. The lowest BCUT2D eigenvalue weighted by atomic mass is 9.70. The molecule has 112 valence electrons. The minimum absolute atomic E-state index is 0.195. The summed E-state index contributed by atoms with van der Waals surface area (Å²) in [6.45, 7) is 6.28. The minimum atomic E-state index is -0.528. The maximum absolute atomic E-state index is 11.3. The number of ether oxygens (including phenoxy) is 1. The topological polar surface area (TPSA) is 50.1 Å². The van der Waals surface area contributed by atoms with Crippen molar-refractivity contribution in [3.05, 3.63) is 48.0 Å². The van der Waals surface area contributed by atoms with Crippen LogP contribution < -0.4 is 0 Å². The maximum Gasteiger partial charge on any atom is 0.330 e. The Balaban J connectivity index is 2.82. The van der Waals surface area contributed by atoms with Crippen LogP contribution in [-0.4, -0.2) is 12.6 Å². The van der Waals surface area contributed by atoms with Gasteiger partial charge in [0.1, 0.15) is 0 Å². The fourth-order valence-corrected chi connectivity index (χ4v) is 2.43. The molecule has 0 aliphatic rings. The average Bonchev–Trinajstić information content (AvgIpc) is 2.48. The predicted molar refractivity (Wildman–Crippen MR) is 83.6 cm³/mol. The SMILES string of the molecule is CCOC(=O)/C=C/CCC(C#N)(c1ccccc1)C(C)C. The molecule has 0 aliphatic carbocycles. The van der Waals surface area contributed by atoms with Crippen LogP contribution in [0.2, 0.25) is 0 Å². The second-order valence-electron chi connectivity index (χ2n) is 5.30. The number of esters is 1. The summed E-state index contributed by atoms with van der Waals surface area (Å²) in [5, 5.41) is 9.73. The highest BCUT2D eigenvalue weighted by molar-refractivity contribution is 5.81. The summed E-state index contributed by atoms with van der Waals surface area (Å²) in [6.07, 6.45) is 4.58. The quantitative estimate of drug-likeness (QED) is 0.562. The highest BCUT2D eigenvalue weighted by Gasteiger charge is 2.34. The number of allylic oxidation sites excluding steroid dienone is 1. The number of hydrogen-bond acceptors (Lipinski definition) is 3. The maximum atomic E-state index is 11.3. The number of carbonyl (C=O) groups is 1. The molecule has 1 aromatic carbocycles. The van der Waals surface area contributed by atoms with Crippen molar-refractivity contribution in [1.29, 1.82) is 5.26 Å². The van der Waals surface area contributed by atoms with Gasteiger partial charge in [0.05, 0.1) is 18.1 Å². The van der Waals surface area contributed by atoms with Gasteiger partial charge >= 0.3 is 5.97 Å². The van der Waals surface area contributed by atoms with Crippen molar-refractivity contribution < 1.29 is 9.53 Å². The highest BCUT2D eigenvalue weighted by Crippen LogP contribution is 2.36. The van der Waals surface area contributed by atoms with E-state index in [9.17, 15) is 10.1 Å². The Morgan fingerprint density at radius 1 is 1.38 bits per heavy atom. The Hall–Kier alpha value is -2.08. The molecule has 0 amide bonds. The fraction of sp³-hybridized carbons (Fsp3) is 0.444. The summed E-state index contributed by atoms with van der Waals surface area (Å²) in [7, 11) is 0. The second-order valence-corrected chi connectivity index (χ2v) is 5.30. The number of carbonyl (C=O) groups excluding carboxylic acids is 1. The van der Waals surface area contributed by atoms with Gasteiger partial charge in [0.2, 0.25) is 0 Å². The summed E-state index contributed by atoms with van der Waals surface area (Å²) in [4.78, 5) is 11.3. The van der Waals surface area contributed by atoms with Crippen LogP contribution >= 0.6 is 0 Å². The molecule has 1 atom stereocenters. The zero-order chi connectivity index (χ0) is 15.7. The first-order valence-corrected chi connectivity index (χ1v) is 7.37. The Morgan fingerprint density at radius 3 is 2.57 bits per heavy atom. The van der Waals surface area contributed by atoms with Crippen LogP contribution in [0.4, 0.5) is 0 Å². The van der Waals surface area contributed by atoms with Gasteiger partial charge in [0.15, 0.2) is 0 Å². The summed E-state index contributed by atoms with van der Waals surface area (Å²) >= 11 is 0. The largest absolute Gasteiger partial charge is 0.463 e. The third kappa shape index (κ3) is 4.46. The monoisotopic (exact) mass is 285 g/mol. The Labute approximate surface area is 127 Å². The first kappa shape index (κ1) is 17.0. The van der Waals surface area contributed by atoms with Crippen LogP contribution in [0.15, 0.2) is 42.5 Å². The van der Waals surface area contributed by atoms with Gasteiger partial charge < -0.3 is 4.74 Å². The van der Waals surface area contributed by atoms with Crippen molar-refractivity contribution in [2.75, 3.05) is 6.61 Å². The first-order valence-electron chi connectivity index (χ1n) is 7.37. The number of nitriles is 1. The molecule has 0 heterocycles. The van der Waals surface area contributed by atoms with Gasteiger partial charge in [0, 0.05) is 6.08 Å². The number of nitrogens with zero attached hydrogens (tertiary/aromatic N) is 1. The molecule has 0 fully saturated rings. The van der Waals surface area contributed by atoms with Gasteiger partial charge in [-0.15, -0.1) is 0 Å². The molecule has 0 saturated carbocycles. The molecule has 3 heteroatoms. The number of benzene rings is 1. The lowest BCUT2D eigenvalue weighted by molar-refractivity contribution is -0.137. The number of hydrogen-bond donors (Lipinski definition) is 0. The standard InChI is InChI=1S/C18H23NO2/c1-4-21-17(20)12-8-9-13-18(14-19,15(2)3)16-10-6-5-7-11-16/h5-8,10-12,15H,4,9,13H2,1-3H3/b12-8+. The molecule has 1 rings (SSSR count). The van der Waals surface area contributed by atoms with E-state index in [4.69, 9.17) is 4.74 Å². The van der Waals surface area contributed by atoms with Crippen LogP contribution in [0.5, 0.6) is 0 Å². The van der Waals surface area contributed by atoms with Gasteiger partial charge in [-0.2, -0.15) is 5.26 Å². The third-order valence-electron chi connectivity index (χ3n) is 3.72. The molecule has 0 radical (unpaired) electrons. The van der Waals surface area contributed by atoms with Crippen molar-refractivity contribution in [3.8, 4) is 6.07 Å². The van der Waals surface area contributed by atoms with Gasteiger partial charge in [-0.05, 0) is 31.2 Å². The molecule has 1 unspecified atom stereocenters. The van der Waals surface area contributed by atoms with E-state index < -0.39 is 5.41 Å². The molecule has 0 aromatic heterocycles. The van der Waals surface area contributed by atoms with E-state index in [1.165, 1.54) is 6.08 Å². The second kappa shape index (κ2) is 8.26. The molecule has 0 bridgehead atoms. The molecule has 3 nitrogen and oxygen atoms in total. The Morgan fingerprint density at radius 2 is 2.05 bits per heavy atom. The Bertz CT molecular complexity index is 514. The van der Waals surface area contributed by atoms with Gasteiger partial charge in [-0.3, -0.25) is 0 Å². The van der Waals surface area contributed by atoms with Crippen molar-refractivity contribution in [1.82, 2.24) is 0 Å². The first-order chi connectivity index (χ1) is 10.1. The zero-order valence-electron chi connectivity index (χ0n) is 13.0. The molecule has 0 aliphatic heterocycles. The molecule has 21 heavy (non-hydrogen) atoms. The lowest BCUT2D eigenvalue weighted by Gasteiger charge is -2.31. The molecule has 0 saturated heterocycles. The van der Waals surface area contributed by atoms with Crippen LogP contribution in [0.1, 0.15) is 39.2 Å². The zero-order valence-corrected chi connectivity index (χ0v) is 13.0. The van der Waals surface area contributed by atoms with E-state index in [0.29, 0.717) is 19.4 Å². The summed E-state index contributed by atoms with van der Waals surface area (Å²) < 4.78 is 4.84. The van der Waals surface area contributed by atoms with Gasteiger partial charge in [-0.1, -0.05) is 50.3 Å². The third-order valence-corrected chi connectivity index (χ3v) is 3.72. The Kier molecular flexibility index (Phi) is 6.68. The van der Waals surface area contributed by atoms with Gasteiger partial charge in [-0.25, -0.2) is 4.79 Å². The average molecular weight is 285 g/mol.